The first-order valence-corrected chi connectivity index (χ1v) is 15.5. The van der Waals surface area contributed by atoms with Crippen LogP contribution in [0.4, 0.5) is 0 Å². The van der Waals surface area contributed by atoms with Crippen LogP contribution < -0.4 is 10.6 Å². The molecule has 0 aromatic heterocycles. The molecule has 1 aliphatic rings. The number of hydrogen-bond donors (Lipinski definition) is 1. The van der Waals surface area contributed by atoms with Gasteiger partial charge in [-0.3, -0.25) is 5.01 Å². The maximum atomic E-state index is 10.9. The Morgan fingerprint density at radius 1 is 1.07 bits per heavy atom. The van der Waals surface area contributed by atoms with Crippen molar-refractivity contribution in [2.45, 2.75) is 52.4 Å². The molecule has 1 fully saturated rings. The Kier molecular flexibility index (Phi) is 10.7. The molecular formula is C23H31Cl2N2OPTi. The van der Waals surface area contributed by atoms with Gasteiger partial charge in [-0.1, -0.05) is 59.7 Å². The summed E-state index contributed by atoms with van der Waals surface area (Å²) in [5.74, 6) is 0.439. The molecule has 3 nitrogen and oxygen atoms in total. The van der Waals surface area contributed by atoms with E-state index in [9.17, 15) is 5.11 Å². The molecule has 0 radical (unpaired) electrons. The summed E-state index contributed by atoms with van der Waals surface area (Å²) in [5, 5.41) is 20.0. The normalized spacial score (nSPS) is 14.8. The van der Waals surface area contributed by atoms with Crippen molar-refractivity contribution in [3.8, 4) is 5.75 Å². The maximum absolute atomic E-state index is 10.9. The van der Waals surface area contributed by atoms with Crippen LogP contribution in [0.15, 0.2) is 41.5 Å². The second kappa shape index (κ2) is 12.5. The molecule has 0 amide bonds. The zero-order valence-corrected chi connectivity index (χ0v) is 22.2. The third kappa shape index (κ3) is 7.84. The summed E-state index contributed by atoms with van der Waals surface area (Å²) in [4.78, 5) is 0. The van der Waals surface area contributed by atoms with Crippen LogP contribution in [0.2, 0.25) is 0 Å². The molecule has 0 aliphatic carbocycles. The zero-order valence-electron chi connectivity index (χ0n) is 18.2. The Morgan fingerprint density at radius 3 is 2.33 bits per heavy atom. The summed E-state index contributed by atoms with van der Waals surface area (Å²) in [6, 6.07) is 12.6. The van der Waals surface area contributed by atoms with E-state index in [1.54, 1.807) is 0 Å². The number of aromatic hydroxyl groups is 1. The number of benzene rings is 2. The molecule has 7 heteroatoms. The molecule has 0 saturated carbocycles. The minimum atomic E-state index is -0.556. The van der Waals surface area contributed by atoms with E-state index in [4.69, 9.17) is 23.7 Å². The third-order valence-corrected chi connectivity index (χ3v) is 6.36. The topological polar surface area (TPSA) is 35.8 Å². The average Bonchev–Trinajstić information content (AvgIpc) is 2.70. The fourth-order valence-corrected chi connectivity index (χ4v) is 4.77. The van der Waals surface area contributed by atoms with Crippen LogP contribution in [0.25, 0.3) is 0 Å². The molecule has 2 aromatic carbocycles. The van der Waals surface area contributed by atoms with E-state index in [2.05, 4.69) is 69.1 Å². The van der Waals surface area contributed by atoms with E-state index in [-0.39, 0.29) is 5.41 Å². The summed E-state index contributed by atoms with van der Waals surface area (Å²) in [5.41, 5.74) is 3.27. The monoisotopic (exact) mass is 500 g/mol. The Balaban J connectivity index is 0.00000101. The van der Waals surface area contributed by atoms with Crippen molar-refractivity contribution in [3.63, 3.8) is 0 Å². The van der Waals surface area contributed by atoms with Crippen molar-refractivity contribution < 1.29 is 22.1 Å². The summed E-state index contributed by atoms with van der Waals surface area (Å²) < 4.78 is 0. The van der Waals surface area contributed by atoms with Crippen LogP contribution in [-0.4, -0.2) is 29.4 Å². The van der Waals surface area contributed by atoms with E-state index in [1.165, 1.54) is 30.1 Å². The van der Waals surface area contributed by atoms with Crippen molar-refractivity contribution in [1.29, 1.82) is 0 Å². The molecule has 1 atom stereocenters. The van der Waals surface area contributed by atoms with Gasteiger partial charge in [0.25, 0.3) is 0 Å². The van der Waals surface area contributed by atoms with E-state index in [0.717, 1.165) is 29.5 Å². The van der Waals surface area contributed by atoms with Gasteiger partial charge in [0.2, 0.25) is 0 Å². The summed E-state index contributed by atoms with van der Waals surface area (Å²) in [7, 11) is 10.2. The Hall–Kier alpha value is -0.566. The Morgan fingerprint density at radius 2 is 1.70 bits per heavy atom. The Labute approximate surface area is 199 Å². The quantitative estimate of drug-likeness (QED) is 0.326. The zero-order chi connectivity index (χ0) is 22.1. The molecule has 162 valence electrons. The molecule has 0 spiro atoms. The number of halogens is 2. The van der Waals surface area contributed by atoms with Crippen molar-refractivity contribution in [3.05, 3.63) is 53.1 Å². The van der Waals surface area contributed by atoms with Gasteiger partial charge in [-0.15, -0.1) is 0 Å². The van der Waals surface area contributed by atoms with Crippen LogP contribution in [0.3, 0.4) is 0 Å². The first-order chi connectivity index (χ1) is 14.3. The van der Waals surface area contributed by atoms with Crippen LogP contribution in [-0.2, 0) is 22.4 Å². The van der Waals surface area contributed by atoms with Crippen molar-refractivity contribution >= 4 is 44.0 Å². The molecule has 0 bridgehead atoms. The molecule has 1 aliphatic heterocycles. The fourth-order valence-electron chi connectivity index (χ4n) is 3.45. The first kappa shape index (κ1) is 25.7. The summed E-state index contributed by atoms with van der Waals surface area (Å²) >= 11 is -0.556. The predicted molar refractivity (Wildman–Crippen MR) is 130 cm³/mol. The summed E-state index contributed by atoms with van der Waals surface area (Å²) in [6.45, 7) is 10.6. The number of piperidine rings is 1. The van der Waals surface area contributed by atoms with Crippen LogP contribution in [0.1, 0.15) is 56.7 Å². The summed E-state index contributed by atoms with van der Waals surface area (Å²) in [6.07, 6.45) is 5.76. The second-order valence-electron chi connectivity index (χ2n) is 8.50. The SMILES string of the molecule is Cc1cc(Pc2ccccc2C=NN2CCCCC2)c(O)c(C(C)(C)C)c1.[Cl][Ti][Cl]. The van der Waals surface area contributed by atoms with E-state index >= 15 is 0 Å². The van der Waals surface area contributed by atoms with Gasteiger partial charge in [0.1, 0.15) is 5.75 Å². The molecule has 30 heavy (non-hydrogen) atoms. The second-order valence-corrected chi connectivity index (χ2v) is 12.4. The van der Waals surface area contributed by atoms with Crippen LogP contribution >= 0.6 is 27.2 Å². The van der Waals surface area contributed by atoms with Crippen LogP contribution in [0.5, 0.6) is 5.75 Å². The first-order valence-electron chi connectivity index (χ1n) is 10.2. The van der Waals surface area contributed by atoms with Gasteiger partial charge in [0.15, 0.2) is 0 Å². The molecule has 2 aromatic rings. The average molecular weight is 501 g/mol. The van der Waals surface area contributed by atoms with Crippen molar-refractivity contribution in [2.24, 2.45) is 5.10 Å². The van der Waals surface area contributed by atoms with Gasteiger partial charge < -0.3 is 5.11 Å². The van der Waals surface area contributed by atoms with Gasteiger partial charge in [-0.2, -0.15) is 5.10 Å². The number of hydrogen-bond acceptors (Lipinski definition) is 3. The van der Waals surface area contributed by atoms with Gasteiger partial charge in [0, 0.05) is 29.5 Å². The van der Waals surface area contributed by atoms with Gasteiger partial charge in [0.05, 0.1) is 6.21 Å². The molecule has 3 rings (SSSR count). The minimum absolute atomic E-state index is 0.0788. The molecule has 1 saturated heterocycles. The molecule has 1 N–H and O–H groups in total. The van der Waals surface area contributed by atoms with Crippen molar-refractivity contribution in [2.75, 3.05) is 13.1 Å². The number of nitrogens with zero attached hydrogens (tertiary/aromatic N) is 2. The van der Waals surface area contributed by atoms with Gasteiger partial charge in [-0.25, -0.2) is 0 Å². The van der Waals surface area contributed by atoms with E-state index < -0.39 is 17.0 Å². The number of phenolic OH excluding ortho intramolecular Hbond substituents is 1. The predicted octanol–water partition coefficient (Wildman–Crippen LogP) is 5.82. The van der Waals surface area contributed by atoms with Gasteiger partial charge >= 0.3 is 35.6 Å². The standard InChI is InChI=1S/C23H31N2OP.2ClH.Ti/c1-17-14-19(23(2,3)4)22(26)21(15-17)27-20-11-7-6-10-18(20)16-24-25-12-8-5-9-13-25;;;/h6-7,10-11,14-16,26-27H,5,8-9,12-13H2,1-4H3;2*1H;/q;;;+2/p-2. The van der Waals surface area contributed by atoms with E-state index in [1.807, 2.05) is 6.21 Å². The fraction of sp³-hybridized carbons (Fsp3) is 0.435. The number of rotatable bonds is 4. The van der Waals surface area contributed by atoms with Gasteiger partial charge in [-0.05, 0) is 48.5 Å². The van der Waals surface area contributed by atoms with E-state index in [0.29, 0.717) is 14.3 Å². The van der Waals surface area contributed by atoms with Crippen molar-refractivity contribution in [1.82, 2.24) is 5.01 Å². The third-order valence-electron chi connectivity index (χ3n) is 4.98. The number of aryl methyl sites for hydroxylation is 1. The molecule has 1 unspecified atom stereocenters. The molecule has 1 heterocycles. The number of hydrazone groups is 1. The Bertz CT molecular complexity index is 850. The van der Waals surface area contributed by atoms with Crippen LogP contribution in [0, 0.1) is 6.92 Å². The molecular weight excluding hydrogens is 470 g/mol. The number of phenols is 1.